The van der Waals surface area contributed by atoms with Gasteiger partial charge in [-0.2, -0.15) is 0 Å². The van der Waals surface area contributed by atoms with Crippen molar-refractivity contribution in [2.24, 2.45) is 0 Å². The second-order valence-corrected chi connectivity index (χ2v) is 5.96. The zero-order chi connectivity index (χ0) is 14.8. The Morgan fingerprint density at radius 1 is 1.14 bits per heavy atom. The molecule has 3 rings (SSSR count). The average molecular weight is 286 g/mol. The average Bonchev–Trinajstić information content (AvgIpc) is 2.91. The van der Waals surface area contributed by atoms with Crippen LogP contribution in [0.5, 0.6) is 0 Å². The summed E-state index contributed by atoms with van der Waals surface area (Å²) < 4.78 is 5.64. The second kappa shape index (κ2) is 5.90. The van der Waals surface area contributed by atoms with Gasteiger partial charge in [-0.05, 0) is 57.9 Å². The van der Waals surface area contributed by atoms with Gasteiger partial charge in [0, 0.05) is 17.5 Å². The Labute approximate surface area is 124 Å². The number of aryl methyl sites for hydroxylation is 1. The number of carbonyl (C=O) groups is 1. The van der Waals surface area contributed by atoms with Gasteiger partial charge >= 0.3 is 0 Å². The molecule has 0 aliphatic heterocycles. The fraction of sp³-hybridized carbons (Fsp3) is 0.471. The Bertz CT molecular complexity index is 639. The summed E-state index contributed by atoms with van der Waals surface area (Å²) in [5.74, 6) is 0.308. The van der Waals surface area contributed by atoms with Crippen LogP contribution in [0.1, 0.15) is 41.8 Å². The molecule has 1 fully saturated rings. The van der Waals surface area contributed by atoms with Crippen LogP contribution in [0.25, 0.3) is 11.0 Å². The van der Waals surface area contributed by atoms with Crippen molar-refractivity contribution in [3.63, 3.8) is 0 Å². The third kappa shape index (κ3) is 3.10. The fourth-order valence-electron chi connectivity index (χ4n) is 3.06. The molecule has 112 valence electrons. The van der Waals surface area contributed by atoms with Gasteiger partial charge in [-0.1, -0.05) is 11.6 Å². The van der Waals surface area contributed by atoms with E-state index in [2.05, 4.69) is 10.6 Å². The van der Waals surface area contributed by atoms with Gasteiger partial charge in [0.25, 0.3) is 5.91 Å². The molecule has 0 bridgehead atoms. The number of amides is 1. The molecule has 1 heterocycles. The largest absolute Gasteiger partial charge is 0.451 e. The third-order valence-electron chi connectivity index (χ3n) is 4.37. The Balaban J connectivity index is 1.67. The number of rotatable bonds is 3. The molecule has 4 nitrogen and oxygen atoms in total. The van der Waals surface area contributed by atoms with Gasteiger partial charge in [0.1, 0.15) is 5.58 Å². The van der Waals surface area contributed by atoms with Crippen molar-refractivity contribution in [3.8, 4) is 0 Å². The number of hydrogen-bond donors (Lipinski definition) is 2. The van der Waals surface area contributed by atoms with Crippen LogP contribution in [-0.4, -0.2) is 25.0 Å². The first-order valence-corrected chi connectivity index (χ1v) is 7.64. The smallest absolute Gasteiger partial charge is 0.287 e. The molecule has 1 aliphatic rings. The maximum absolute atomic E-state index is 12.3. The standard InChI is InChI=1S/C17H22N2O2/c1-11-3-8-15-12(9-11)10-16(21-15)17(20)19-14-6-4-13(18-2)5-7-14/h3,8-10,13-14,18H,4-7H2,1-2H3,(H,19,20). The molecule has 4 heteroatoms. The van der Waals surface area contributed by atoms with E-state index in [4.69, 9.17) is 4.42 Å². The zero-order valence-corrected chi connectivity index (χ0v) is 12.6. The van der Waals surface area contributed by atoms with Gasteiger partial charge in [0.15, 0.2) is 5.76 Å². The maximum atomic E-state index is 12.3. The van der Waals surface area contributed by atoms with Gasteiger partial charge in [-0.25, -0.2) is 0 Å². The molecule has 0 saturated heterocycles. The first kappa shape index (κ1) is 14.1. The number of fused-ring (bicyclic) bond motifs is 1. The fourth-order valence-corrected chi connectivity index (χ4v) is 3.06. The molecule has 1 saturated carbocycles. The predicted molar refractivity (Wildman–Crippen MR) is 83.5 cm³/mol. The van der Waals surface area contributed by atoms with Crippen LogP contribution in [0, 0.1) is 6.92 Å². The number of benzene rings is 1. The molecular formula is C17H22N2O2. The molecule has 0 atom stereocenters. The van der Waals surface area contributed by atoms with Gasteiger partial charge in [-0.15, -0.1) is 0 Å². The van der Waals surface area contributed by atoms with E-state index in [1.807, 2.05) is 38.2 Å². The van der Waals surface area contributed by atoms with Gasteiger partial charge < -0.3 is 15.1 Å². The highest BCUT2D eigenvalue weighted by Gasteiger charge is 2.23. The van der Waals surface area contributed by atoms with Crippen LogP contribution in [0.2, 0.25) is 0 Å². The molecule has 0 radical (unpaired) electrons. The van der Waals surface area contributed by atoms with Gasteiger partial charge in [-0.3, -0.25) is 4.79 Å². The highest BCUT2D eigenvalue weighted by molar-refractivity contribution is 5.96. The molecule has 2 N–H and O–H groups in total. The number of furan rings is 1. The molecule has 1 aromatic carbocycles. The van der Waals surface area contributed by atoms with Crippen LogP contribution in [0.4, 0.5) is 0 Å². The SMILES string of the molecule is CNC1CCC(NC(=O)c2cc3cc(C)ccc3o2)CC1. The van der Waals surface area contributed by atoms with E-state index in [1.54, 1.807) is 0 Å². The summed E-state index contributed by atoms with van der Waals surface area (Å²) in [6.45, 7) is 2.03. The topological polar surface area (TPSA) is 54.3 Å². The molecule has 2 aromatic rings. The van der Waals surface area contributed by atoms with E-state index in [0.29, 0.717) is 11.8 Å². The summed E-state index contributed by atoms with van der Waals surface area (Å²) in [4.78, 5) is 12.3. The van der Waals surface area contributed by atoms with Crippen molar-refractivity contribution in [1.29, 1.82) is 0 Å². The lowest BCUT2D eigenvalue weighted by Gasteiger charge is -2.28. The van der Waals surface area contributed by atoms with E-state index in [1.165, 1.54) is 5.56 Å². The van der Waals surface area contributed by atoms with Crippen LogP contribution in [-0.2, 0) is 0 Å². The first-order chi connectivity index (χ1) is 10.2. The minimum Gasteiger partial charge on any atom is -0.451 e. The zero-order valence-electron chi connectivity index (χ0n) is 12.6. The normalized spacial score (nSPS) is 22.4. The van der Waals surface area contributed by atoms with Crippen molar-refractivity contribution >= 4 is 16.9 Å². The highest BCUT2D eigenvalue weighted by Crippen LogP contribution is 2.22. The number of carbonyl (C=O) groups excluding carboxylic acids is 1. The molecule has 21 heavy (non-hydrogen) atoms. The lowest BCUT2D eigenvalue weighted by molar-refractivity contribution is 0.0898. The lowest BCUT2D eigenvalue weighted by Crippen LogP contribution is -2.41. The molecule has 0 unspecified atom stereocenters. The summed E-state index contributed by atoms with van der Waals surface area (Å²) in [5, 5.41) is 7.38. The second-order valence-electron chi connectivity index (χ2n) is 5.96. The van der Waals surface area contributed by atoms with Crippen molar-refractivity contribution in [3.05, 3.63) is 35.6 Å². The van der Waals surface area contributed by atoms with Gasteiger partial charge in [0.05, 0.1) is 0 Å². The monoisotopic (exact) mass is 286 g/mol. The van der Waals surface area contributed by atoms with Crippen molar-refractivity contribution in [1.82, 2.24) is 10.6 Å². The Hall–Kier alpha value is -1.81. The Morgan fingerprint density at radius 2 is 1.86 bits per heavy atom. The van der Waals surface area contributed by atoms with E-state index in [9.17, 15) is 4.79 Å². The van der Waals surface area contributed by atoms with Crippen LogP contribution >= 0.6 is 0 Å². The summed E-state index contributed by atoms with van der Waals surface area (Å²) in [6.07, 6.45) is 4.27. The Morgan fingerprint density at radius 3 is 2.57 bits per heavy atom. The highest BCUT2D eigenvalue weighted by atomic mass is 16.3. The maximum Gasteiger partial charge on any atom is 0.287 e. The van der Waals surface area contributed by atoms with Crippen molar-refractivity contribution in [2.75, 3.05) is 7.05 Å². The van der Waals surface area contributed by atoms with E-state index >= 15 is 0 Å². The third-order valence-corrected chi connectivity index (χ3v) is 4.37. The number of hydrogen-bond acceptors (Lipinski definition) is 3. The van der Waals surface area contributed by atoms with Gasteiger partial charge in [0.2, 0.25) is 0 Å². The van der Waals surface area contributed by atoms with Crippen LogP contribution < -0.4 is 10.6 Å². The molecule has 1 amide bonds. The quantitative estimate of drug-likeness (QED) is 0.912. The number of nitrogens with one attached hydrogen (secondary N) is 2. The van der Waals surface area contributed by atoms with Crippen LogP contribution in [0.15, 0.2) is 28.7 Å². The lowest BCUT2D eigenvalue weighted by atomic mass is 9.91. The molecule has 0 spiro atoms. The Kier molecular flexibility index (Phi) is 3.97. The minimum atomic E-state index is -0.100. The van der Waals surface area contributed by atoms with Crippen LogP contribution in [0.3, 0.4) is 0 Å². The summed E-state index contributed by atoms with van der Waals surface area (Å²) in [7, 11) is 2.00. The van der Waals surface area contributed by atoms with E-state index in [0.717, 1.165) is 36.7 Å². The molecular weight excluding hydrogens is 264 g/mol. The van der Waals surface area contributed by atoms with E-state index in [-0.39, 0.29) is 11.9 Å². The summed E-state index contributed by atoms with van der Waals surface area (Å²) in [5.41, 5.74) is 1.94. The van der Waals surface area contributed by atoms with Crippen molar-refractivity contribution in [2.45, 2.75) is 44.7 Å². The summed E-state index contributed by atoms with van der Waals surface area (Å²) >= 11 is 0. The molecule has 1 aliphatic carbocycles. The molecule has 1 aromatic heterocycles. The predicted octanol–water partition coefficient (Wildman–Crippen LogP) is 3.00. The minimum absolute atomic E-state index is 0.100. The van der Waals surface area contributed by atoms with E-state index < -0.39 is 0 Å². The summed E-state index contributed by atoms with van der Waals surface area (Å²) in [6, 6.07) is 8.63. The first-order valence-electron chi connectivity index (χ1n) is 7.64. The van der Waals surface area contributed by atoms with Crippen molar-refractivity contribution < 1.29 is 9.21 Å².